The Morgan fingerprint density at radius 2 is 1.05 bits per heavy atom. The summed E-state index contributed by atoms with van der Waals surface area (Å²) in [5.41, 5.74) is 0. The van der Waals surface area contributed by atoms with Gasteiger partial charge < -0.3 is 4.90 Å². The first-order valence-corrected chi connectivity index (χ1v) is 9.72. The zero-order chi connectivity index (χ0) is 15.6. The van der Waals surface area contributed by atoms with Crippen molar-refractivity contribution in [2.75, 3.05) is 19.6 Å². The highest BCUT2D eigenvalue weighted by atomic mass is 15.1. The molecule has 0 aromatic carbocycles. The van der Waals surface area contributed by atoms with E-state index in [1.165, 1.54) is 96.7 Å². The molecule has 0 aliphatic heterocycles. The fourth-order valence-electron chi connectivity index (χ4n) is 2.84. The molecule has 0 amide bonds. The van der Waals surface area contributed by atoms with Gasteiger partial charge in [-0.1, -0.05) is 84.3 Å². The highest BCUT2D eigenvalue weighted by Crippen LogP contribution is 2.11. The molecule has 0 aliphatic carbocycles. The Labute approximate surface area is 135 Å². The molecule has 0 spiro atoms. The maximum absolute atomic E-state index is 2.54. The van der Waals surface area contributed by atoms with Gasteiger partial charge in [0.15, 0.2) is 0 Å². The number of hydrogen-bond donors (Lipinski definition) is 0. The van der Waals surface area contributed by atoms with Crippen LogP contribution in [0.25, 0.3) is 0 Å². The largest absolute Gasteiger partial charge is 0.304 e. The second kappa shape index (κ2) is 17.8. The monoisotopic (exact) mass is 295 g/mol. The standard InChI is InChI=1S/C20H41N/c1-4-7-8-9-10-11-12-13-14-15-16-17-18-19-20-21(5-2)6-3/h7-8H,4-6,9-20H2,1-3H3/b8-7+. The van der Waals surface area contributed by atoms with Gasteiger partial charge >= 0.3 is 0 Å². The molecule has 0 radical (unpaired) electrons. The molecule has 0 saturated heterocycles. The van der Waals surface area contributed by atoms with Gasteiger partial charge in [0.05, 0.1) is 0 Å². The van der Waals surface area contributed by atoms with Crippen molar-refractivity contribution in [3.05, 3.63) is 12.2 Å². The van der Waals surface area contributed by atoms with Gasteiger partial charge in [0.2, 0.25) is 0 Å². The number of rotatable bonds is 16. The maximum Gasteiger partial charge on any atom is -0.00190 e. The summed E-state index contributed by atoms with van der Waals surface area (Å²) >= 11 is 0. The van der Waals surface area contributed by atoms with E-state index in [4.69, 9.17) is 0 Å². The van der Waals surface area contributed by atoms with E-state index in [0.717, 1.165) is 0 Å². The van der Waals surface area contributed by atoms with Crippen molar-refractivity contribution in [1.29, 1.82) is 0 Å². The Morgan fingerprint density at radius 1 is 0.571 bits per heavy atom. The van der Waals surface area contributed by atoms with Crippen LogP contribution in [0.15, 0.2) is 12.2 Å². The molecular formula is C20H41N. The molecule has 21 heavy (non-hydrogen) atoms. The molecule has 0 atom stereocenters. The molecule has 0 rings (SSSR count). The molecule has 0 aromatic rings. The smallest absolute Gasteiger partial charge is 0.00190 e. The molecule has 126 valence electrons. The SMILES string of the molecule is CC/C=C/CCCCCCCCCCCCN(CC)CC. The Morgan fingerprint density at radius 3 is 1.52 bits per heavy atom. The third kappa shape index (κ3) is 15.9. The predicted molar refractivity (Wildman–Crippen MR) is 98.0 cm³/mol. The third-order valence-corrected chi connectivity index (χ3v) is 4.39. The van der Waals surface area contributed by atoms with Crippen LogP contribution >= 0.6 is 0 Å². The second-order valence-electron chi connectivity index (χ2n) is 6.23. The first-order valence-electron chi connectivity index (χ1n) is 9.72. The Balaban J connectivity index is 3.07. The Bertz CT molecular complexity index is 206. The molecule has 0 aliphatic rings. The van der Waals surface area contributed by atoms with E-state index in [9.17, 15) is 0 Å². The van der Waals surface area contributed by atoms with E-state index in [1.54, 1.807) is 0 Å². The second-order valence-corrected chi connectivity index (χ2v) is 6.23. The van der Waals surface area contributed by atoms with Gasteiger partial charge in [-0.05, 0) is 45.3 Å². The molecule has 0 saturated carbocycles. The average molecular weight is 296 g/mol. The van der Waals surface area contributed by atoms with Gasteiger partial charge in [0, 0.05) is 0 Å². The minimum atomic E-state index is 1.19. The number of nitrogens with zero attached hydrogens (tertiary/aromatic N) is 1. The van der Waals surface area contributed by atoms with E-state index in [1.807, 2.05) is 0 Å². The van der Waals surface area contributed by atoms with Crippen LogP contribution in [-0.4, -0.2) is 24.5 Å². The molecule has 0 unspecified atom stereocenters. The first kappa shape index (κ1) is 20.7. The number of unbranched alkanes of at least 4 members (excludes halogenated alkanes) is 10. The van der Waals surface area contributed by atoms with E-state index < -0.39 is 0 Å². The first-order chi connectivity index (χ1) is 10.3. The lowest BCUT2D eigenvalue weighted by Crippen LogP contribution is -2.23. The van der Waals surface area contributed by atoms with Gasteiger partial charge in [0.1, 0.15) is 0 Å². The molecule has 0 bridgehead atoms. The van der Waals surface area contributed by atoms with Gasteiger partial charge in [-0.3, -0.25) is 0 Å². The topological polar surface area (TPSA) is 3.24 Å². The van der Waals surface area contributed by atoms with E-state index in [0.29, 0.717) is 0 Å². The lowest BCUT2D eigenvalue weighted by molar-refractivity contribution is 0.295. The summed E-state index contributed by atoms with van der Waals surface area (Å²) in [6, 6.07) is 0. The Kier molecular flexibility index (Phi) is 17.5. The molecule has 1 nitrogen and oxygen atoms in total. The van der Waals surface area contributed by atoms with Crippen LogP contribution in [0.2, 0.25) is 0 Å². The fourth-order valence-corrected chi connectivity index (χ4v) is 2.84. The van der Waals surface area contributed by atoms with E-state index in [2.05, 4.69) is 37.8 Å². The number of hydrogen-bond acceptors (Lipinski definition) is 1. The lowest BCUT2D eigenvalue weighted by atomic mass is 10.1. The maximum atomic E-state index is 2.54. The predicted octanol–water partition coefficient (Wildman–Crippen LogP) is 6.59. The molecule has 1 heteroatoms. The van der Waals surface area contributed by atoms with Crippen molar-refractivity contribution in [3.8, 4) is 0 Å². The summed E-state index contributed by atoms with van der Waals surface area (Å²) in [5.74, 6) is 0. The van der Waals surface area contributed by atoms with Gasteiger partial charge in [0.25, 0.3) is 0 Å². The van der Waals surface area contributed by atoms with Crippen molar-refractivity contribution in [2.24, 2.45) is 0 Å². The summed E-state index contributed by atoms with van der Waals surface area (Å²) in [6.07, 6.45) is 21.5. The van der Waals surface area contributed by atoms with Gasteiger partial charge in [-0.25, -0.2) is 0 Å². The number of allylic oxidation sites excluding steroid dienone is 2. The van der Waals surface area contributed by atoms with Gasteiger partial charge in [-0.15, -0.1) is 0 Å². The third-order valence-electron chi connectivity index (χ3n) is 4.39. The molecule has 0 heterocycles. The summed E-state index contributed by atoms with van der Waals surface area (Å²) < 4.78 is 0. The van der Waals surface area contributed by atoms with Crippen molar-refractivity contribution < 1.29 is 0 Å². The Hall–Kier alpha value is -0.300. The van der Waals surface area contributed by atoms with Crippen molar-refractivity contribution >= 4 is 0 Å². The quantitative estimate of drug-likeness (QED) is 0.229. The summed E-state index contributed by atoms with van der Waals surface area (Å²) in [5, 5.41) is 0. The van der Waals surface area contributed by atoms with Crippen LogP contribution in [0, 0.1) is 0 Å². The van der Waals surface area contributed by atoms with Crippen molar-refractivity contribution in [3.63, 3.8) is 0 Å². The normalized spacial score (nSPS) is 11.8. The highest BCUT2D eigenvalue weighted by molar-refractivity contribution is 4.79. The molecule has 0 N–H and O–H groups in total. The van der Waals surface area contributed by atoms with Crippen LogP contribution in [-0.2, 0) is 0 Å². The summed E-state index contributed by atoms with van der Waals surface area (Å²) in [6.45, 7) is 10.5. The molecule has 0 aromatic heterocycles. The van der Waals surface area contributed by atoms with Crippen LogP contribution in [0.3, 0.4) is 0 Å². The zero-order valence-corrected chi connectivity index (χ0v) is 15.2. The van der Waals surface area contributed by atoms with Crippen LogP contribution in [0.5, 0.6) is 0 Å². The average Bonchev–Trinajstić information content (AvgIpc) is 2.51. The van der Waals surface area contributed by atoms with Gasteiger partial charge in [-0.2, -0.15) is 0 Å². The minimum Gasteiger partial charge on any atom is -0.304 e. The van der Waals surface area contributed by atoms with Crippen LogP contribution < -0.4 is 0 Å². The lowest BCUT2D eigenvalue weighted by Gasteiger charge is -2.17. The van der Waals surface area contributed by atoms with Crippen molar-refractivity contribution in [2.45, 2.75) is 97.8 Å². The summed E-state index contributed by atoms with van der Waals surface area (Å²) in [7, 11) is 0. The zero-order valence-electron chi connectivity index (χ0n) is 15.2. The molecular weight excluding hydrogens is 254 g/mol. The van der Waals surface area contributed by atoms with Crippen molar-refractivity contribution in [1.82, 2.24) is 4.90 Å². The van der Waals surface area contributed by atoms with E-state index in [-0.39, 0.29) is 0 Å². The fraction of sp³-hybridized carbons (Fsp3) is 0.900. The highest BCUT2D eigenvalue weighted by Gasteiger charge is 1.98. The van der Waals surface area contributed by atoms with E-state index >= 15 is 0 Å². The molecule has 0 fully saturated rings. The van der Waals surface area contributed by atoms with Crippen LogP contribution in [0.4, 0.5) is 0 Å². The minimum absolute atomic E-state index is 1.19. The summed E-state index contributed by atoms with van der Waals surface area (Å²) in [4.78, 5) is 2.54. The van der Waals surface area contributed by atoms with Crippen LogP contribution in [0.1, 0.15) is 97.8 Å².